The lowest BCUT2D eigenvalue weighted by Gasteiger charge is -2.31. The molecule has 1 N–H and O–H groups in total. The molecule has 0 saturated carbocycles. The molecule has 1 heterocycles. The van der Waals surface area contributed by atoms with Gasteiger partial charge >= 0.3 is 5.97 Å². The zero-order valence-corrected chi connectivity index (χ0v) is 9.27. The first-order valence-corrected chi connectivity index (χ1v) is 4.78. The van der Waals surface area contributed by atoms with Gasteiger partial charge in [0.1, 0.15) is 5.54 Å². The molecule has 4 heteroatoms. The van der Waals surface area contributed by atoms with Gasteiger partial charge < -0.3 is 5.11 Å². The molecule has 0 radical (unpaired) electrons. The van der Waals surface area contributed by atoms with E-state index in [1.54, 1.807) is 38.2 Å². The summed E-state index contributed by atoms with van der Waals surface area (Å²) in [6.07, 6.45) is 3.44. The molecule has 0 aromatic carbocycles. The molecule has 0 aliphatic carbocycles. The third kappa shape index (κ3) is 2.76. The number of carbonyl (C=O) groups is 1. The molecule has 0 unspecified atom stereocenters. The van der Waals surface area contributed by atoms with Crippen molar-refractivity contribution >= 4 is 5.97 Å². The second kappa shape index (κ2) is 4.40. The SMILES string of the molecule is CN(Cc1cccnc1)C(C)(C)C(=O)O. The maximum Gasteiger partial charge on any atom is 0.323 e. The highest BCUT2D eigenvalue weighted by Crippen LogP contribution is 2.15. The summed E-state index contributed by atoms with van der Waals surface area (Å²) in [5, 5.41) is 9.03. The summed E-state index contributed by atoms with van der Waals surface area (Å²) >= 11 is 0. The van der Waals surface area contributed by atoms with E-state index in [1.807, 2.05) is 12.1 Å². The molecule has 0 bridgehead atoms. The van der Waals surface area contributed by atoms with E-state index in [9.17, 15) is 4.79 Å². The number of hydrogen-bond acceptors (Lipinski definition) is 3. The number of rotatable bonds is 4. The molecule has 0 amide bonds. The Bertz CT molecular complexity index is 336. The number of likely N-dealkylation sites (N-methyl/N-ethyl adjacent to an activating group) is 1. The maximum atomic E-state index is 11.0. The van der Waals surface area contributed by atoms with Crippen LogP contribution >= 0.6 is 0 Å². The van der Waals surface area contributed by atoms with Crippen molar-refractivity contribution in [2.75, 3.05) is 7.05 Å². The highest BCUT2D eigenvalue weighted by molar-refractivity contribution is 5.77. The fourth-order valence-corrected chi connectivity index (χ4v) is 1.13. The van der Waals surface area contributed by atoms with E-state index < -0.39 is 11.5 Å². The van der Waals surface area contributed by atoms with Crippen molar-refractivity contribution in [2.45, 2.75) is 25.9 Å². The van der Waals surface area contributed by atoms with Gasteiger partial charge in [0.05, 0.1) is 0 Å². The van der Waals surface area contributed by atoms with Crippen molar-refractivity contribution in [3.8, 4) is 0 Å². The smallest absolute Gasteiger partial charge is 0.323 e. The number of aliphatic carboxylic acids is 1. The Morgan fingerprint density at radius 2 is 2.27 bits per heavy atom. The molecule has 0 atom stereocenters. The van der Waals surface area contributed by atoms with Crippen LogP contribution in [0, 0.1) is 0 Å². The average molecular weight is 208 g/mol. The number of carboxylic acids is 1. The van der Waals surface area contributed by atoms with E-state index in [-0.39, 0.29) is 0 Å². The van der Waals surface area contributed by atoms with Crippen LogP contribution in [0.2, 0.25) is 0 Å². The first-order chi connectivity index (χ1) is 6.94. The Hall–Kier alpha value is -1.42. The van der Waals surface area contributed by atoms with Crippen LogP contribution in [0.15, 0.2) is 24.5 Å². The standard InChI is InChI=1S/C11H16N2O2/c1-11(2,10(14)15)13(3)8-9-5-4-6-12-7-9/h4-7H,8H2,1-3H3,(H,14,15). The largest absolute Gasteiger partial charge is 0.480 e. The predicted octanol–water partition coefficient (Wildman–Crippen LogP) is 1.38. The number of carboxylic acid groups (broad SMARTS) is 1. The molecule has 0 spiro atoms. The van der Waals surface area contributed by atoms with Crippen LogP contribution in [0.5, 0.6) is 0 Å². The van der Waals surface area contributed by atoms with Crippen LogP contribution in [0.4, 0.5) is 0 Å². The first kappa shape index (κ1) is 11.7. The van der Waals surface area contributed by atoms with Gasteiger partial charge in [-0.25, -0.2) is 0 Å². The van der Waals surface area contributed by atoms with Gasteiger partial charge in [-0.15, -0.1) is 0 Å². The molecule has 82 valence electrons. The zero-order valence-electron chi connectivity index (χ0n) is 9.27. The minimum Gasteiger partial charge on any atom is -0.480 e. The summed E-state index contributed by atoms with van der Waals surface area (Å²) < 4.78 is 0. The lowest BCUT2D eigenvalue weighted by atomic mass is 10.0. The van der Waals surface area contributed by atoms with E-state index in [1.165, 1.54) is 0 Å². The van der Waals surface area contributed by atoms with Crippen molar-refractivity contribution in [1.82, 2.24) is 9.88 Å². The summed E-state index contributed by atoms with van der Waals surface area (Å²) in [6.45, 7) is 3.95. The quantitative estimate of drug-likeness (QED) is 0.812. The zero-order chi connectivity index (χ0) is 11.5. The number of hydrogen-bond donors (Lipinski definition) is 1. The van der Waals surface area contributed by atoms with Crippen molar-refractivity contribution in [3.05, 3.63) is 30.1 Å². The summed E-state index contributed by atoms with van der Waals surface area (Å²) in [7, 11) is 1.79. The van der Waals surface area contributed by atoms with Gasteiger partial charge in [-0.2, -0.15) is 0 Å². The van der Waals surface area contributed by atoms with Crippen LogP contribution in [0.1, 0.15) is 19.4 Å². The van der Waals surface area contributed by atoms with Crippen LogP contribution in [-0.2, 0) is 11.3 Å². The minimum absolute atomic E-state index is 0.577. The molecular weight excluding hydrogens is 192 g/mol. The van der Waals surface area contributed by atoms with Gasteiger partial charge in [0.15, 0.2) is 0 Å². The van der Waals surface area contributed by atoms with E-state index in [0.29, 0.717) is 6.54 Å². The fourth-order valence-electron chi connectivity index (χ4n) is 1.13. The normalized spacial score (nSPS) is 11.7. The molecule has 0 fully saturated rings. The topological polar surface area (TPSA) is 53.4 Å². The van der Waals surface area contributed by atoms with E-state index in [0.717, 1.165) is 5.56 Å². The van der Waals surface area contributed by atoms with E-state index in [2.05, 4.69) is 4.98 Å². The second-order valence-electron chi connectivity index (χ2n) is 4.08. The predicted molar refractivity (Wildman–Crippen MR) is 57.4 cm³/mol. The molecule has 1 aromatic rings. The monoisotopic (exact) mass is 208 g/mol. The second-order valence-corrected chi connectivity index (χ2v) is 4.08. The van der Waals surface area contributed by atoms with Gasteiger partial charge in [-0.3, -0.25) is 14.7 Å². The van der Waals surface area contributed by atoms with Gasteiger partial charge in [-0.05, 0) is 32.5 Å². The highest BCUT2D eigenvalue weighted by Gasteiger charge is 2.31. The lowest BCUT2D eigenvalue weighted by molar-refractivity contribution is -0.148. The Kier molecular flexibility index (Phi) is 3.42. The van der Waals surface area contributed by atoms with E-state index >= 15 is 0 Å². The van der Waals surface area contributed by atoms with Crippen molar-refractivity contribution < 1.29 is 9.90 Å². The van der Waals surface area contributed by atoms with Gasteiger partial charge in [-0.1, -0.05) is 6.07 Å². The molecule has 4 nitrogen and oxygen atoms in total. The molecule has 0 aliphatic rings. The Morgan fingerprint density at radius 1 is 1.60 bits per heavy atom. The molecule has 1 aromatic heterocycles. The molecule has 0 aliphatic heterocycles. The highest BCUT2D eigenvalue weighted by atomic mass is 16.4. The molecule has 15 heavy (non-hydrogen) atoms. The Morgan fingerprint density at radius 3 is 2.73 bits per heavy atom. The van der Waals surface area contributed by atoms with Gasteiger partial charge in [0, 0.05) is 18.9 Å². The maximum absolute atomic E-state index is 11.0. The van der Waals surface area contributed by atoms with Crippen LogP contribution in [-0.4, -0.2) is 33.5 Å². The average Bonchev–Trinajstić information content (AvgIpc) is 2.18. The number of nitrogens with zero attached hydrogens (tertiary/aromatic N) is 2. The van der Waals surface area contributed by atoms with Gasteiger partial charge in [0.25, 0.3) is 0 Å². The third-order valence-electron chi connectivity index (χ3n) is 2.62. The minimum atomic E-state index is -0.865. The van der Waals surface area contributed by atoms with Crippen molar-refractivity contribution in [1.29, 1.82) is 0 Å². The number of aromatic nitrogens is 1. The summed E-state index contributed by atoms with van der Waals surface area (Å²) in [5.74, 6) is -0.825. The molecular formula is C11H16N2O2. The lowest BCUT2D eigenvalue weighted by Crippen LogP contribution is -2.47. The third-order valence-corrected chi connectivity index (χ3v) is 2.62. The Labute approximate surface area is 89.6 Å². The summed E-state index contributed by atoms with van der Waals surface area (Å²) in [6, 6.07) is 3.78. The van der Waals surface area contributed by atoms with E-state index in [4.69, 9.17) is 5.11 Å². The molecule has 1 rings (SSSR count). The van der Waals surface area contributed by atoms with Crippen LogP contribution in [0.3, 0.4) is 0 Å². The Balaban J connectivity index is 2.72. The number of pyridine rings is 1. The molecule has 0 saturated heterocycles. The first-order valence-electron chi connectivity index (χ1n) is 4.78. The summed E-state index contributed by atoms with van der Waals surface area (Å²) in [4.78, 5) is 16.8. The van der Waals surface area contributed by atoms with Gasteiger partial charge in [0.2, 0.25) is 0 Å². The van der Waals surface area contributed by atoms with Crippen molar-refractivity contribution in [3.63, 3.8) is 0 Å². The van der Waals surface area contributed by atoms with Crippen molar-refractivity contribution in [2.24, 2.45) is 0 Å². The summed E-state index contributed by atoms with van der Waals surface area (Å²) in [5.41, 5.74) is 0.143. The fraction of sp³-hybridized carbons (Fsp3) is 0.455. The van der Waals surface area contributed by atoms with Crippen LogP contribution < -0.4 is 0 Å². The van der Waals surface area contributed by atoms with Crippen LogP contribution in [0.25, 0.3) is 0 Å².